The summed E-state index contributed by atoms with van der Waals surface area (Å²) in [5, 5.41) is 3.37. The minimum Gasteiger partial charge on any atom is -0.431 e. The third-order valence-corrected chi connectivity index (χ3v) is 8.17. The van der Waals surface area contributed by atoms with Crippen LogP contribution in [0.25, 0.3) is 11.1 Å². The van der Waals surface area contributed by atoms with Gasteiger partial charge in [0.1, 0.15) is 5.52 Å². The summed E-state index contributed by atoms with van der Waals surface area (Å²) >= 11 is 1.22. The third-order valence-electron chi connectivity index (χ3n) is 5.44. The second kappa shape index (κ2) is 10.8. The first-order chi connectivity index (χ1) is 14.8. The first-order valence-corrected chi connectivity index (χ1v) is 13.5. The molecule has 172 valence electrons. The average Bonchev–Trinajstić information content (AvgIpc) is 3.15. The minimum atomic E-state index is -3.52. The molecular formula is C22H33N3O4S2. The van der Waals surface area contributed by atoms with Gasteiger partial charge in [0, 0.05) is 19.1 Å². The summed E-state index contributed by atoms with van der Waals surface area (Å²) in [5.41, 5.74) is 1.01. The second-order valence-corrected chi connectivity index (χ2v) is 11.5. The quantitative estimate of drug-likeness (QED) is 0.520. The number of nitrogens with zero attached hydrogens (tertiary/aromatic N) is 2. The average molecular weight is 468 g/mol. The highest BCUT2D eigenvalue weighted by Gasteiger charge is 2.26. The lowest BCUT2D eigenvalue weighted by Gasteiger charge is -2.25. The highest BCUT2D eigenvalue weighted by molar-refractivity contribution is 7.99. The Hall–Kier alpha value is -1.58. The standard InChI is InChI=1S/C22H33N3O4S2/c1-16(2)8-7-9-17(3)23-21(26)15-30-22-24-19-14-18(10-11-20(19)29-22)31(27,28)25-12-5-4-6-13-25/h10-11,14,16-17H,4-9,12-13,15H2,1-3H3,(H,23,26). The lowest BCUT2D eigenvalue weighted by atomic mass is 10.0. The van der Waals surface area contributed by atoms with Gasteiger partial charge in [-0.2, -0.15) is 4.31 Å². The van der Waals surface area contributed by atoms with Crippen molar-refractivity contribution in [3.8, 4) is 0 Å². The molecule has 1 aromatic carbocycles. The summed E-state index contributed by atoms with van der Waals surface area (Å²) in [6, 6.07) is 4.90. The highest BCUT2D eigenvalue weighted by atomic mass is 32.2. The number of piperidine rings is 1. The van der Waals surface area contributed by atoms with E-state index in [1.165, 1.54) is 11.8 Å². The highest BCUT2D eigenvalue weighted by Crippen LogP contribution is 2.27. The molecule has 2 aromatic rings. The van der Waals surface area contributed by atoms with Gasteiger partial charge in [-0.15, -0.1) is 0 Å². The van der Waals surface area contributed by atoms with Crippen molar-refractivity contribution in [1.29, 1.82) is 0 Å². The van der Waals surface area contributed by atoms with Gasteiger partial charge in [0.25, 0.3) is 5.22 Å². The Balaban J connectivity index is 1.57. The predicted molar refractivity (Wildman–Crippen MR) is 124 cm³/mol. The number of sulfonamides is 1. The predicted octanol–water partition coefficient (Wildman–Crippen LogP) is 4.43. The molecule has 1 N–H and O–H groups in total. The summed E-state index contributed by atoms with van der Waals surface area (Å²) < 4.78 is 33.0. The Bertz CT molecular complexity index is 982. The Morgan fingerprint density at radius 3 is 2.65 bits per heavy atom. The fraction of sp³-hybridized carbons (Fsp3) is 0.636. The number of rotatable bonds is 10. The van der Waals surface area contributed by atoms with E-state index in [0.717, 1.165) is 38.5 Å². The molecule has 0 radical (unpaired) electrons. The van der Waals surface area contributed by atoms with Crippen molar-refractivity contribution in [2.75, 3.05) is 18.8 Å². The van der Waals surface area contributed by atoms with Crippen LogP contribution < -0.4 is 5.32 Å². The molecule has 1 fully saturated rings. The van der Waals surface area contributed by atoms with Gasteiger partial charge in [0.05, 0.1) is 10.6 Å². The number of aromatic nitrogens is 1. The summed E-state index contributed by atoms with van der Waals surface area (Å²) in [5.74, 6) is 0.825. The maximum Gasteiger partial charge on any atom is 0.257 e. The molecule has 1 aliphatic heterocycles. The number of hydrogen-bond donors (Lipinski definition) is 1. The molecule has 2 heterocycles. The van der Waals surface area contributed by atoms with E-state index in [4.69, 9.17) is 4.42 Å². The Labute approximate surface area is 189 Å². The van der Waals surface area contributed by atoms with Crippen LogP contribution in [0.1, 0.15) is 59.3 Å². The molecule has 1 aromatic heterocycles. The fourth-order valence-electron chi connectivity index (χ4n) is 3.71. The smallest absolute Gasteiger partial charge is 0.257 e. The minimum absolute atomic E-state index is 0.0577. The first kappa shape index (κ1) is 24.1. The van der Waals surface area contributed by atoms with Crippen molar-refractivity contribution in [1.82, 2.24) is 14.6 Å². The van der Waals surface area contributed by atoms with E-state index < -0.39 is 10.0 Å². The SMILES string of the molecule is CC(C)CCCC(C)NC(=O)CSc1nc2cc(S(=O)(=O)N3CCCCC3)ccc2o1. The molecule has 1 unspecified atom stereocenters. The van der Waals surface area contributed by atoms with E-state index in [9.17, 15) is 13.2 Å². The Morgan fingerprint density at radius 1 is 1.19 bits per heavy atom. The van der Waals surface area contributed by atoms with Gasteiger partial charge < -0.3 is 9.73 Å². The number of fused-ring (bicyclic) bond motifs is 1. The third kappa shape index (κ3) is 6.70. The maximum absolute atomic E-state index is 12.9. The summed E-state index contributed by atoms with van der Waals surface area (Å²) in [4.78, 5) is 16.8. The molecular weight excluding hydrogens is 434 g/mol. The summed E-state index contributed by atoms with van der Waals surface area (Å²) in [6.45, 7) is 7.54. The number of amides is 1. The van der Waals surface area contributed by atoms with E-state index >= 15 is 0 Å². The largest absolute Gasteiger partial charge is 0.431 e. The lowest BCUT2D eigenvalue weighted by molar-refractivity contribution is -0.119. The van der Waals surface area contributed by atoms with Crippen molar-refractivity contribution >= 4 is 38.8 Å². The first-order valence-electron chi connectivity index (χ1n) is 11.1. The van der Waals surface area contributed by atoms with Gasteiger partial charge in [-0.05, 0) is 50.3 Å². The number of hydrogen-bond acceptors (Lipinski definition) is 6. The molecule has 9 heteroatoms. The normalized spacial score (nSPS) is 16.6. The van der Waals surface area contributed by atoms with Gasteiger partial charge in [-0.25, -0.2) is 13.4 Å². The van der Waals surface area contributed by atoms with E-state index in [1.54, 1.807) is 22.5 Å². The second-order valence-electron chi connectivity index (χ2n) is 8.66. The van der Waals surface area contributed by atoms with Crippen LogP contribution in [-0.4, -0.2) is 48.5 Å². The molecule has 0 bridgehead atoms. The van der Waals surface area contributed by atoms with Gasteiger partial charge >= 0.3 is 0 Å². The number of carbonyl (C=O) groups is 1. The van der Waals surface area contributed by atoms with Crippen molar-refractivity contribution < 1.29 is 17.6 Å². The van der Waals surface area contributed by atoms with Gasteiger partial charge in [-0.3, -0.25) is 4.79 Å². The lowest BCUT2D eigenvalue weighted by Crippen LogP contribution is -2.35. The molecule has 31 heavy (non-hydrogen) atoms. The number of nitrogens with one attached hydrogen (secondary N) is 1. The number of oxazole rings is 1. The molecule has 0 saturated carbocycles. The van der Waals surface area contributed by atoms with Crippen molar-refractivity contribution in [2.24, 2.45) is 5.92 Å². The van der Waals surface area contributed by atoms with Crippen molar-refractivity contribution in [2.45, 2.75) is 75.5 Å². The van der Waals surface area contributed by atoms with Crippen LogP contribution in [0.3, 0.4) is 0 Å². The number of thioether (sulfide) groups is 1. The molecule has 1 saturated heterocycles. The molecule has 7 nitrogen and oxygen atoms in total. The summed E-state index contributed by atoms with van der Waals surface area (Å²) in [7, 11) is -3.52. The van der Waals surface area contributed by atoms with Gasteiger partial charge in [0.2, 0.25) is 15.9 Å². The fourth-order valence-corrected chi connectivity index (χ4v) is 5.90. The van der Waals surface area contributed by atoms with Crippen molar-refractivity contribution in [3.05, 3.63) is 18.2 Å². The topological polar surface area (TPSA) is 92.5 Å². The monoisotopic (exact) mass is 467 g/mol. The van der Waals surface area contributed by atoms with Crippen LogP contribution in [0.5, 0.6) is 0 Å². The zero-order chi connectivity index (χ0) is 22.4. The van der Waals surface area contributed by atoms with E-state index in [1.807, 2.05) is 6.92 Å². The molecule has 1 amide bonds. The van der Waals surface area contributed by atoms with Crippen LogP contribution in [-0.2, 0) is 14.8 Å². The molecule has 3 rings (SSSR count). The van der Waals surface area contributed by atoms with Crippen LogP contribution >= 0.6 is 11.8 Å². The number of carbonyl (C=O) groups excluding carboxylic acids is 1. The van der Waals surface area contributed by atoms with Crippen LogP contribution in [0.2, 0.25) is 0 Å². The molecule has 0 aliphatic carbocycles. The summed E-state index contributed by atoms with van der Waals surface area (Å²) in [6.07, 6.45) is 6.08. The molecule has 0 spiro atoms. The van der Waals surface area contributed by atoms with Crippen LogP contribution in [0.4, 0.5) is 0 Å². The zero-order valence-corrected chi connectivity index (χ0v) is 20.2. The number of benzene rings is 1. The molecule has 1 atom stereocenters. The Morgan fingerprint density at radius 2 is 1.94 bits per heavy atom. The maximum atomic E-state index is 12.9. The zero-order valence-electron chi connectivity index (χ0n) is 18.6. The van der Waals surface area contributed by atoms with Crippen LogP contribution in [0.15, 0.2) is 32.7 Å². The van der Waals surface area contributed by atoms with E-state index in [2.05, 4.69) is 24.1 Å². The van der Waals surface area contributed by atoms with Crippen molar-refractivity contribution in [3.63, 3.8) is 0 Å². The van der Waals surface area contributed by atoms with Crippen LogP contribution in [0, 0.1) is 5.92 Å². The van der Waals surface area contributed by atoms with E-state index in [0.29, 0.717) is 35.3 Å². The van der Waals surface area contributed by atoms with Gasteiger partial charge in [0.15, 0.2) is 5.58 Å². The Kier molecular flexibility index (Phi) is 8.41. The van der Waals surface area contributed by atoms with Gasteiger partial charge in [-0.1, -0.05) is 44.9 Å². The van der Waals surface area contributed by atoms with E-state index in [-0.39, 0.29) is 22.6 Å². The molecule has 1 aliphatic rings.